The van der Waals surface area contributed by atoms with E-state index < -0.39 is 33.9 Å². The summed E-state index contributed by atoms with van der Waals surface area (Å²) in [6.07, 6.45) is -2.02. The smallest absolute Gasteiger partial charge is 0.302 e. The summed E-state index contributed by atoms with van der Waals surface area (Å²) in [7, 11) is 2.85. The van der Waals surface area contributed by atoms with Crippen LogP contribution in [0.2, 0.25) is 5.02 Å². The summed E-state index contributed by atoms with van der Waals surface area (Å²) in [5.41, 5.74) is -0.678. The maximum Gasteiger partial charge on any atom is 0.417 e. The fourth-order valence-electron chi connectivity index (χ4n) is 3.41. The number of hydrogen-bond donors (Lipinski definition) is 1. The van der Waals surface area contributed by atoms with Crippen molar-refractivity contribution in [2.75, 3.05) is 5.32 Å². The topological polar surface area (TPSA) is 98.9 Å². The minimum Gasteiger partial charge on any atom is -0.302 e. The molecule has 0 aliphatic carbocycles. The third-order valence-corrected chi connectivity index (χ3v) is 6.20. The second kappa shape index (κ2) is 8.69. The highest BCUT2D eigenvalue weighted by Crippen LogP contribution is 2.37. The molecule has 0 aliphatic heterocycles. The summed E-state index contributed by atoms with van der Waals surface area (Å²) < 4.78 is 40.9. The molecule has 3 heterocycles. The van der Waals surface area contributed by atoms with Crippen molar-refractivity contribution < 1.29 is 18.0 Å². The van der Waals surface area contributed by atoms with Crippen molar-refractivity contribution in [2.24, 2.45) is 14.1 Å². The predicted octanol–water partition coefficient (Wildman–Crippen LogP) is 3.61. The molecule has 176 valence electrons. The highest BCUT2D eigenvalue weighted by Gasteiger charge is 2.33. The van der Waals surface area contributed by atoms with Crippen LogP contribution in [0.1, 0.15) is 11.1 Å². The molecule has 0 radical (unpaired) electrons. The van der Waals surface area contributed by atoms with E-state index in [1.54, 1.807) is 5.38 Å². The van der Waals surface area contributed by atoms with Crippen molar-refractivity contribution in [3.05, 3.63) is 73.0 Å². The SMILES string of the molecule is Cn1c(=O)c2c(CC(=O)Nc3nc(-c4ccc(C(F)(F)F)c(Cl)c4)cs3)cncc2n(C)c1=O. The molecule has 0 unspecified atom stereocenters. The van der Waals surface area contributed by atoms with Gasteiger partial charge in [0.1, 0.15) is 0 Å². The van der Waals surface area contributed by atoms with Crippen LogP contribution in [-0.2, 0) is 31.5 Å². The van der Waals surface area contributed by atoms with Gasteiger partial charge in [-0.05, 0) is 17.7 Å². The van der Waals surface area contributed by atoms with Crippen molar-refractivity contribution >= 4 is 44.9 Å². The zero-order valence-corrected chi connectivity index (χ0v) is 19.2. The fraction of sp³-hybridized carbons (Fsp3) is 0.190. The first-order valence-electron chi connectivity index (χ1n) is 9.62. The van der Waals surface area contributed by atoms with Crippen LogP contribution in [-0.4, -0.2) is 25.0 Å². The number of thiazole rings is 1. The van der Waals surface area contributed by atoms with Crippen molar-refractivity contribution in [1.82, 2.24) is 19.1 Å². The number of aromatic nitrogens is 4. The molecule has 3 aromatic heterocycles. The number of pyridine rings is 1. The van der Waals surface area contributed by atoms with Crippen molar-refractivity contribution in [3.63, 3.8) is 0 Å². The molecule has 34 heavy (non-hydrogen) atoms. The van der Waals surface area contributed by atoms with Gasteiger partial charge in [-0.2, -0.15) is 13.2 Å². The second-order valence-corrected chi connectivity index (χ2v) is 8.62. The number of fused-ring (bicyclic) bond motifs is 1. The molecule has 4 aromatic rings. The summed E-state index contributed by atoms with van der Waals surface area (Å²) in [5.74, 6) is -0.489. The van der Waals surface area contributed by atoms with Crippen LogP contribution in [0.15, 0.2) is 45.6 Å². The van der Waals surface area contributed by atoms with E-state index in [1.165, 1.54) is 37.1 Å². The van der Waals surface area contributed by atoms with E-state index >= 15 is 0 Å². The van der Waals surface area contributed by atoms with Crippen LogP contribution in [0, 0.1) is 0 Å². The van der Waals surface area contributed by atoms with E-state index in [0.717, 1.165) is 28.0 Å². The van der Waals surface area contributed by atoms with Gasteiger partial charge in [-0.25, -0.2) is 9.78 Å². The van der Waals surface area contributed by atoms with Crippen LogP contribution in [0.5, 0.6) is 0 Å². The Bertz CT molecular complexity index is 1560. The largest absolute Gasteiger partial charge is 0.417 e. The Balaban J connectivity index is 1.57. The predicted molar refractivity (Wildman–Crippen MR) is 122 cm³/mol. The molecular formula is C21H15ClF3N5O3S. The van der Waals surface area contributed by atoms with Gasteiger partial charge in [0.25, 0.3) is 5.56 Å². The van der Waals surface area contributed by atoms with Crippen molar-refractivity contribution in [1.29, 1.82) is 0 Å². The minimum absolute atomic E-state index is 0.203. The zero-order chi connectivity index (χ0) is 24.8. The number of nitrogens with zero attached hydrogens (tertiary/aromatic N) is 4. The molecule has 0 spiro atoms. The molecule has 0 bridgehead atoms. The lowest BCUT2D eigenvalue weighted by Gasteiger charge is -2.10. The van der Waals surface area contributed by atoms with Gasteiger partial charge in [-0.3, -0.25) is 23.7 Å². The third-order valence-electron chi connectivity index (χ3n) is 5.13. The number of alkyl halides is 3. The number of carbonyl (C=O) groups is 1. The number of hydrogen-bond acceptors (Lipinski definition) is 6. The number of carbonyl (C=O) groups excluding carboxylic acids is 1. The molecule has 13 heteroatoms. The summed E-state index contributed by atoms with van der Waals surface area (Å²) in [6, 6.07) is 3.28. The highest BCUT2D eigenvalue weighted by molar-refractivity contribution is 7.14. The van der Waals surface area contributed by atoms with Crippen LogP contribution >= 0.6 is 22.9 Å². The number of aryl methyl sites for hydroxylation is 1. The first kappa shape index (κ1) is 23.6. The van der Waals surface area contributed by atoms with Gasteiger partial charge in [0.15, 0.2) is 5.13 Å². The van der Waals surface area contributed by atoms with E-state index in [0.29, 0.717) is 22.3 Å². The van der Waals surface area contributed by atoms with E-state index in [-0.39, 0.29) is 16.9 Å². The molecule has 1 aromatic carbocycles. The summed E-state index contributed by atoms with van der Waals surface area (Å²) in [4.78, 5) is 45.7. The van der Waals surface area contributed by atoms with Gasteiger partial charge in [0.2, 0.25) is 5.91 Å². The molecule has 0 aliphatic rings. The second-order valence-electron chi connectivity index (χ2n) is 7.35. The molecule has 1 amide bonds. The number of rotatable bonds is 4. The van der Waals surface area contributed by atoms with Crippen molar-refractivity contribution in [3.8, 4) is 11.3 Å². The Kier molecular flexibility index (Phi) is 6.04. The number of anilines is 1. The van der Waals surface area contributed by atoms with Gasteiger partial charge in [0.05, 0.1) is 39.8 Å². The van der Waals surface area contributed by atoms with Gasteiger partial charge in [-0.15, -0.1) is 11.3 Å². The van der Waals surface area contributed by atoms with Gasteiger partial charge >= 0.3 is 11.9 Å². The summed E-state index contributed by atoms with van der Waals surface area (Å²) in [5, 5.41) is 4.13. The number of halogens is 4. The molecule has 0 fully saturated rings. The zero-order valence-electron chi connectivity index (χ0n) is 17.6. The number of benzene rings is 1. The third kappa shape index (κ3) is 4.33. The number of nitrogens with one attached hydrogen (secondary N) is 1. The van der Waals surface area contributed by atoms with Crippen LogP contribution in [0.4, 0.5) is 18.3 Å². The number of amides is 1. The molecule has 8 nitrogen and oxygen atoms in total. The van der Waals surface area contributed by atoms with E-state index in [2.05, 4.69) is 15.3 Å². The Labute approximate surface area is 198 Å². The van der Waals surface area contributed by atoms with Gasteiger partial charge in [-0.1, -0.05) is 17.7 Å². The molecule has 4 rings (SSSR count). The molecule has 0 saturated heterocycles. The standard InChI is InChI=1S/C21H15ClF3N5O3S/c1-29-15-8-26-7-11(17(15)18(32)30(2)20(29)33)6-16(31)28-19-27-14(9-34-19)10-3-4-12(13(22)5-10)21(23,24)25/h3-5,7-9H,6H2,1-2H3,(H,27,28,31). The maximum atomic E-state index is 12.9. The Hall–Kier alpha value is -3.51. The fourth-order valence-corrected chi connectivity index (χ4v) is 4.44. The first-order valence-corrected chi connectivity index (χ1v) is 10.9. The van der Waals surface area contributed by atoms with Crippen LogP contribution in [0.3, 0.4) is 0 Å². The first-order chi connectivity index (χ1) is 16.0. The quantitative estimate of drug-likeness (QED) is 0.453. The lowest BCUT2D eigenvalue weighted by atomic mass is 10.1. The van der Waals surface area contributed by atoms with Gasteiger partial charge < -0.3 is 5.32 Å². The van der Waals surface area contributed by atoms with E-state index in [9.17, 15) is 27.6 Å². The molecule has 0 atom stereocenters. The Morgan fingerprint density at radius 1 is 1.18 bits per heavy atom. The normalized spacial score (nSPS) is 11.7. The molecule has 1 N–H and O–H groups in total. The lowest BCUT2D eigenvalue weighted by molar-refractivity contribution is -0.137. The molecular weight excluding hydrogens is 495 g/mol. The Morgan fingerprint density at radius 2 is 1.91 bits per heavy atom. The minimum atomic E-state index is -4.57. The maximum absolute atomic E-state index is 12.9. The van der Waals surface area contributed by atoms with E-state index in [4.69, 9.17) is 11.6 Å². The summed E-state index contributed by atoms with van der Waals surface area (Å²) >= 11 is 6.85. The monoisotopic (exact) mass is 509 g/mol. The van der Waals surface area contributed by atoms with Gasteiger partial charge in [0, 0.05) is 31.2 Å². The Morgan fingerprint density at radius 3 is 2.59 bits per heavy atom. The van der Waals surface area contributed by atoms with Crippen molar-refractivity contribution in [2.45, 2.75) is 12.6 Å². The van der Waals surface area contributed by atoms with E-state index in [1.807, 2.05) is 0 Å². The van der Waals surface area contributed by atoms with Crippen LogP contribution < -0.4 is 16.6 Å². The lowest BCUT2D eigenvalue weighted by Crippen LogP contribution is -2.37. The average molecular weight is 510 g/mol. The highest BCUT2D eigenvalue weighted by atomic mass is 35.5. The molecule has 0 saturated carbocycles. The average Bonchev–Trinajstić information content (AvgIpc) is 3.23. The summed E-state index contributed by atoms with van der Waals surface area (Å²) in [6.45, 7) is 0. The van der Waals surface area contributed by atoms with Crippen LogP contribution in [0.25, 0.3) is 22.2 Å².